The number of carbonyl (C=O) groups is 1. The molecule has 0 saturated carbocycles. The largest absolute Gasteiger partial charge is 0.355 e. The third kappa shape index (κ3) is 1.21. The molecule has 2 aliphatic rings. The van der Waals surface area contributed by atoms with Gasteiger partial charge in [0, 0.05) is 18.4 Å². The molecule has 1 fully saturated rings. The van der Waals surface area contributed by atoms with Gasteiger partial charge < -0.3 is 5.32 Å². The summed E-state index contributed by atoms with van der Waals surface area (Å²) in [5.41, 5.74) is 3.00. The number of amides is 1. The Hall–Kier alpha value is -1.31. The number of rotatable bonds is 0. The SMILES string of the molecule is CC12CNC(=O)CC(C1)c1ccccc12. The fraction of sp³-hybridized carbons (Fsp3) is 0.462. The minimum absolute atomic E-state index is 0.160. The van der Waals surface area contributed by atoms with E-state index in [0.717, 1.165) is 13.0 Å². The van der Waals surface area contributed by atoms with Gasteiger partial charge in [-0.1, -0.05) is 31.2 Å². The van der Waals surface area contributed by atoms with E-state index in [1.807, 2.05) is 0 Å². The second-order valence-corrected chi connectivity index (χ2v) is 5.03. The molecule has 2 atom stereocenters. The van der Waals surface area contributed by atoms with Crippen molar-refractivity contribution in [2.24, 2.45) is 0 Å². The highest BCUT2D eigenvalue weighted by molar-refractivity contribution is 5.78. The van der Waals surface area contributed by atoms with Crippen molar-refractivity contribution in [3.05, 3.63) is 35.4 Å². The normalized spacial score (nSPS) is 33.1. The van der Waals surface area contributed by atoms with Crippen LogP contribution in [0.15, 0.2) is 24.3 Å². The maximum Gasteiger partial charge on any atom is 0.220 e. The molecule has 15 heavy (non-hydrogen) atoms. The highest BCUT2D eigenvalue weighted by atomic mass is 16.1. The van der Waals surface area contributed by atoms with E-state index >= 15 is 0 Å². The predicted molar refractivity (Wildman–Crippen MR) is 58.8 cm³/mol. The van der Waals surface area contributed by atoms with Crippen molar-refractivity contribution >= 4 is 5.91 Å². The summed E-state index contributed by atoms with van der Waals surface area (Å²) >= 11 is 0. The van der Waals surface area contributed by atoms with Gasteiger partial charge in [-0.3, -0.25) is 4.79 Å². The molecule has 1 aromatic rings. The fourth-order valence-electron chi connectivity index (χ4n) is 3.11. The highest BCUT2D eigenvalue weighted by Gasteiger charge is 2.42. The monoisotopic (exact) mass is 201 g/mol. The van der Waals surface area contributed by atoms with E-state index in [-0.39, 0.29) is 11.3 Å². The smallest absolute Gasteiger partial charge is 0.220 e. The fourth-order valence-corrected chi connectivity index (χ4v) is 3.11. The van der Waals surface area contributed by atoms with Crippen molar-refractivity contribution < 1.29 is 4.79 Å². The molecule has 3 rings (SSSR count). The lowest BCUT2D eigenvalue weighted by Gasteiger charge is -2.24. The van der Waals surface area contributed by atoms with Gasteiger partial charge in [0.1, 0.15) is 0 Å². The van der Waals surface area contributed by atoms with E-state index in [4.69, 9.17) is 0 Å². The van der Waals surface area contributed by atoms with Crippen LogP contribution in [-0.4, -0.2) is 12.5 Å². The number of hydrogen-bond donors (Lipinski definition) is 1. The number of benzene rings is 1. The van der Waals surface area contributed by atoms with Crippen LogP contribution in [0.3, 0.4) is 0 Å². The molecule has 78 valence electrons. The molecule has 1 aliphatic carbocycles. The molecular weight excluding hydrogens is 186 g/mol. The van der Waals surface area contributed by atoms with E-state index in [1.165, 1.54) is 11.1 Å². The Kier molecular flexibility index (Phi) is 1.70. The Labute approximate surface area is 89.7 Å². The van der Waals surface area contributed by atoms with Crippen LogP contribution in [0.1, 0.15) is 36.8 Å². The van der Waals surface area contributed by atoms with Crippen LogP contribution >= 0.6 is 0 Å². The predicted octanol–water partition coefficient (Wildman–Crippen LogP) is 1.95. The Morgan fingerprint density at radius 1 is 1.40 bits per heavy atom. The lowest BCUT2D eigenvalue weighted by Crippen LogP contribution is -2.35. The quantitative estimate of drug-likeness (QED) is 0.683. The summed E-state index contributed by atoms with van der Waals surface area (Å²) in [5, 5.41) is 3.02. The van der Waals surface area contributed by atoms with Crippen molar-refractivity contribution in [2.75, 3.05) is 6.54 Å². The summed E-state index contributed by atoms with van der Waals surface area (Å²) in [6.07, 6.45) is 1.78. The zero-order valence-corrected chi connectivity index (χ0v) is 8.92. The number of fused-ring (bicyclic) bond motifs is 5. The molecule has 1 amide bonds. The molecule has 0 spiro atoms. The van der Waals surface area contributed by atoms with Crippen LogP contribution in [0.4, 0.5) is 0 Å². The molecule has 2 unspecified atom stereocenters. The molecule has 1 saturated heterocycles. The lowest BCUT2D eigenvalue weighted by molar-refractivity contribution is -0.121. The molecule has 1 aliphatic heterocycles. The number of hydrogen-bond acceptors (Lipinski definition) is 1. The number of carbonyl (C=O) groups excluding carboxylic acids is 1. The summed E-state index contributed by atoms with van der Waals surface area (Å²) in [7, 11) is 0. The van der Waals surface area contributed by atoms with Crippen LogP contribution in [0.25, 0.3) is 0 Å². The van der Waals surface area contributed by atoms with E-state index in [1.54, 1.807) is 0 Å². The molecule has 2 nitrogen and oxygen atoms in total. The average Bonchev–Trinajstić information content (AvgIpc) is 2.40. The third-order valence-corrected chi connectivity index (χ3v) is 3.86. The summed E-state index contributed by atoms with van der Waals surface area (Å²) in [4.78, 5) is 11.5. The first-order valence-electron chi connectivity index (χ1n) is 5.55. The summed E-state index contributed by atoms with van der Waals surface area (Å²) in [6, 6.07) is 8.58. The number of nitrogens with one attached hydrogen (secondary N) is 1. The molecule has 1 aromatic carbocycles. The van der Waals surface area contributed by atoms with Gasteiger partial charge in [-0.15, -0.1) is 0 Å². The van der Waals surface area contributed by atoms with E-state index in [9.17, 15) is 4.79 Å². The van der Waals surface area contributed by atoms with Crippen molar-refractivity contribution in [3.63, 3.8) is 0 Å². The first-order chi connectivity index (χ1) is 7.19. The van der Waals surface area contributed by atoms with Gasteiger partial charge in [-0.2, -0.15) is 0 Å². The Morgan fingerprint density at radius 3 is 3.07 bits per heavy atom. The Bertz CT molecular complexity index is 426. The van der Waals surface area contributed by atoms with Gasteiger partial charge in [-0.05, 0) is 23.5 Å². The van der Waals surface area contributed by atoms with Crippen LogP contribution in [-0.2, 0) is 10.2 Å². The van der Waals surface area contributed by atoms with E-state index < -0.39 is 0 Å². The van der Waals surface area contributed by atoms with Crippen molar-refractivity contribution in [1.29, 1.82) is 0 Å². The molecule has 0 aromatic heterocycles. The topological polar surface area (TPSA) is 29.1 Å². The van der Waals surface area contributed by atoms with Gasteiger partial charge in [0.15, 0.2) is 0 Å². The average molecular weight is 201 g/mol. The van der Waals surface area contributed by atoms with E-state index in [2.05, 4.69) is 36.5 Å². The van der Waals surface area contributed by atoms with Gasteiger partial charge in [0.2, 0.25) is 5.91 Å². The Morgan fingerprint density at radius 2 is 2.20 bits per heavy atom. The van der Waals surface area contributed by atoms with Gasteiger partial charge >= 0.3 is 0 Å². The zero-order valence-electron chi connectivity index (χ0n) is 8.92. The van der Waals surface area contributed by atoms with Gasteiger partial charge in [0.05, 0.1) is 0 Å². The van der Waals surface area contributed by atoms with Gasteiger partial charge in [0.25, 0.3) is 0 Å². The standard InChI is InChI=1S/C13H15NO/c1-13-7-9(6-12(15)14-8-13)10-4-2-3-5-11(10)13/h2-5,9H,6-8H2,1H3,(H,14,15). The second kappa shape index (κ2) is 2.84. The minimum atomic E-state index is 0.160. The molecule has 0 radical (unpaired) electrons. The van der Waals surface area contributed by atoms with Crippen LogP contribution < -0.4 is 5.32 Å². The Balaban J connectivity index is 2.15. The molecule has 1 N–H and O–H groups in total. The van der Waals surface area contributed by atoms with Crippen LogP contribution in [0.2, 0.25) is 0 Å². The molecule has 2 bridgehead atoms. The third-order valence-electron chi connectivity index (χ3n) is 3.86. The molecule has 1 heterocycles. The van der Waals surface area contributed by atoms with Crippen molar-refractivity contribution in [1.82, 2.24) is 5.32 Å². The molecule has 2 heteroatoms. The summed E-state index contributed by atoms with van der Waals surface area (Å²) < 4.78 is 0. The molecular formula is C13H15NO. The van der Waals surface area contributed by atoms with Crippen LogP contribution in [0.5, 0.6) is 0 Å². The second-order valence-electron chi connectivity index (χ2n) is 5.03. The lowest BCUT2D eigenvalue weighted by atomic mass is 9.84. The first kappa shape index (κ1) is 8.96. The maximum absolute atomic E-state index is 11.5. The minimum Gasteiger partial charge on any atom is -0.355 e. The summed E-state index contributed by atoms with van der Waals surface area (Å²) in [5.74, 6) is 0.645. The maximum atomic E-state index is 11.5. The van der Waals surface area contributed by atoms with Gasteiger partial charge in [-0.25, -0.2) is 0 Å². The first-order valence-corrected chi connectivity index (χ1v) is 5.55. The van der Waals surface area contributed by atoms with Crippen LogP contribution in [0, 0.1) is 0 Å². The highest BCUT2D eigenvalue weighted by Crippen LogP contribution is 2.48. The van der Waals surface area contributed by atoms with Crippen molar-refractivity contribution in [2.45, 2.75) is 31.1 Å². The zero-order chi connectivity index (χ0) is 10.5. The summed E-state index contributed by atoms with van der Waals surface area (Å²) in [6.45, 7) is 3.05. The van der Waals surface area contributed by atoms with E-state index in [0.29, 0.717) is 12.3 Å². The van der Waals surface area contributed by atoms with Crippen molar-refractivity contribution in [3.8, 4) is 0 Å².